The van der Waals surface area contributed by atoms with Crippen molar-refractivity contribution in [3.05, 3.63) is 45.9 Å². The molecule has 0 radical (unpaired) electrons. The van der Waals surface area contributed by atoms with Crippen LogP contribution in [0, 0.1) is 0 Å². The largest absolute Gasteiger partial charge is 0.465 e. The molecule has 3 aromatic rings. The van der Waals surface area contributed by atoms with Crippen LogP contribution in [-0.4, -0.2) is 26.3 Å². The zero-order chi connectivity index (χ0) is 22.9. The molecule has 1 aliphatic carbocycles. The van der Waals surface area contributed by atoms with E-state index in [1.54, 1.807) is 12.1 Å². The Balaban J connectivity index is 1.56. The highest BCUT2D eigenvalue weighted by Gasteiger charge is 2.25. The summed E-state index contributed by atoms with van der Waals surface area (Å²) in [5, 5.41) is 19.2. The summed E-state index contributed by atoms with van der Waals surface area (Å²) in [4.78, 5) is 15.6. The van der Waals surface area contributed by atoms with Gasteiger partial charge in [-0.25, -0.2) is 9.78 Å². The second-order valence-electron chi connectivity index (χ2n) is 8.66. The average Bonchev–Trinajstić information content (AvgIpc) is 3.03. The number of carbonyl (C=O) groups is 1. The van der Waals surface area contributed by atoms with Crippen LogP contribution < -0.4 is 16.0 Å². The number of fused-ring (bicyclic) bond motifs is 1. The Morgan fingerprint density at radius 1 is 1.12 bits per heavy atom. The van der Waals surface area contributed by atoms with Gasteiger partial charge in [0.05, 0.1) is 32.5 Å². The molecule has 170 valence electrons. The maximum atomic E-state index is 11.0. The van der Waals surface area contributed by atoms with Gasteiger partial charge in [0.25, 0.3) is 0 Å². The van der Waals surface area contributed by atoms with Crippen molar-refractivity contribution in [3.63, 3.8) is 0 Å². The summed E-state index contributed by atoms with van der Waals surface area (Å²) in [6.45, 7) is 3.07. The van der Waals surface area contributed by atoms with Crippen LogP contribution in [0.5, 0.6) is 0 Å². The third-order valence-corrected chi connectivity index (χ3v) is 6.81. The van der Waals surface area contributed by atoms with E-state index >= 15 is 0 Å². The quantitative estimate of drug-likeness (QED) is 0.325. The minimum absolute atomic E-state index is 0.184. The second kappa shape index (κ2) is 9.17. The Bertz CT molecular complexity index is 1150. The molecule has 1 aromatic heterocycles. The van der Waals surface area contributed by atoms with E-state index in [1.807, 2.05) is 29.8 Å². The van der Waals surface area contributed by atoms with Crippen molar-refractivity contribution < 1.29 is 9.90 Å². The topological polar surface area (TPSA) is 91.2 Å². The van der Waals surface area contributed by atoms with Gasteiger partial charge in [0.15, 0.2) is 0 Å². The van der Waals surface area contributed by atoms with Crippen LogP contribution in [0.4, 0.5) is 22.1 Å². The van der Waals surface area contributed by atoms with Crippen molar-refractivity contribution in [2.75, 3.05) is 10.6 Å². The molecule has 1 heterocycles. The van der Waals surface area contributed by atoms with Crippen molar-refractivity contribution in [1.82, 2.24) is 14.9 Å². The fourth-order valence-corrected chi connectivity index (χ4v) is 4.63. The van der Waals surface area contributed by atoms with Gasteiger partial charge in [-0.3, -0.25) is 5.32 Å². The van der Waals surface area contributed by atoms with Gasteiger partial charge >= 0.3 is 6.09 Å². The fourth-order valence-electron chi connectivity index (χ4n) is 4.26. The first-order valence-corrected chi connectivity index (χ1v) is 11.5. The Labute approximate surface area is 197 Å². The van der Waals surface area contributed by atoms with Crippen molar-refractivity contribution in [3.8, 4) is 0 Å². The monoisotopic (exact) mass is 475 g/mol. The molecule has 1 aliphatic rings. The highest BCUT2D eigenvalue weighted by Crippen LogP contribution is 2.33. The molecule has 4 N–H and O–H groups in total. The number of anilines is 3. The second-order valence-corrected chi connectivity index (χ2v) is 9.47. The summed E-state index contributed by atoms with van der Waals surface area (Å²) in [5.41, 5.74) is 3.77. The van der Waals surface area contributed by atoms with Crippen molar-refractivity contribution in [2.24, 2.45) is 7.05 Å². The number of carboxylic acid groups (broad SMARTS) is 1. The fraction of sp³-hybridized carbons (Fsp3) is 0.391. The van der Waals surface area contributed by atoms with E-state index < -0.39 is 6.09 Å². The molecular weight excluding hydrogens is 449 g/mol. The van der Waals surface area contributed by atoms with E-state index in [2.05, 4.69) is 27.9 Å². The highest BCUT2D eigenvalue weighted by molar-refractivity contribution is 6.34. The van der Waals surface area contributed by atoms with Gasteiger partial charge in [0.2, 0.25) is 5.95 Å². The molecule has 0 bridgehead atoms. The molecule has 0 atom stereocenters. The normalized spacial score (nSPS) is 15.6. The first-order valence-electron chi connectivity index (χ1n) is 10.7. The van der Waals surface area contributed by atoms with Crippen LogP contribution >= 0.6 is 23.2 Å². The molecule has 7 nitrogen and oxygen atoms in total. The lowest BCUT2D eigenvalue weighted by molar-refractivity contribution is 0.210. The first kappa shape index (κ1) is 22.7. The number of aryl methyl sites for hydroxylation is 1. The molecule has 32 heavy (non-hydrogen) atoms. The van der Waals surface area contributed by atoms with E-state index in [0.29, 0.717) is 22.2 Å². The third kappa shape index (κ3) is 4.95. The van der Waals surface area contributed by atoms with Gasteiger partial charge in [-0.15, -0.1) is 0 Å². The summed E-state index contributed by atoms with van der Waals surface area (Å²) in [7, 11) is 1.85. The zero-order valence-corrected chi connectivity index (χ0v) is 19.6. The molecule has 0 spiro atoms. The van der Waals surface area contributed by atoms with E-state index in [1.165, 1.54) is 32.1 Å². The highest BCUT2D eigenvalue weighted by atomic mass is 35.5. The third-order valence-electron chi connectivity index (χ3n) is 6.16. The number of aromatic nitrogens is 2. The number of hydrogen-bond donors (Lipinski definition) is 4. The summed E-state index contributed by atoms with van der Waals surface area (Å²) in [6.07, 6.45) is 5.10. The summed E-state index contributed by atoms with van der Waals surface area (Å²) in [5.74, 6) is 0.579. The number of amides is 1. The Kier molecular flexibility index (Phi) is 6.51. The van der Waals surface area contributed by atoms with Crippen LogP contribution in [0.1, 0.15) is 44.6 Å². The van der Waals surface area contributed by atoms with Crippen LogP contribution in [0.3, 0.4) is 0 Å². The smallest absolute Gasteiger partial charge is 0.409 e. The standard InChI is InChI=1S/C23H27Cl2N5O2/c1-23(8-4-3-5-9-23)26-13-14-6-7-15(24)17(10-14)27-21-28-19-11-16(25)18(29-22(31)32)12-20(19)30(21)2/h6-7,10-12,26,29H,3-5,8-9,13H2,1-2H3,(H,27,28)(H,31,32). The van der Waals surface area contributed by atoms with Crippen molar-refractivity contribution >= 4 is 57.7 Å². The number of rotatable bonds is 6. The Morgan fingerprint density at radius 3 is 2.59 bits per heavy atom. The molecule has 4 rings (SSSR count). The van der Waals surface area contributed by atoms with Gasteiger partial charge in [-0.1, -0.05) is 48.5 Å². The number of hydrogen-bond acceptors (Lipinski definition) is 4. The van der Waals surface area contributed by atoms with Crippen LogP contribution in [0.15, 0.2) is 30.3 Å². The summed E-state index contributed by atoms with van der Waals surface area (Å²) < 4.78 is 1.84. The van der Waals surface area contributed by atoms with Crippen LogP contribution in [0.25, 0.3) is 11.0 Å². The molecule has 2 aromatic carbocycles. The van der Waals surface area contributed by atoms with Crippen LogP contribution in [0.2, 0.25) is 10.0 Å². The maximum absolute atomic E-state index is 11.0. The predicted molar refractivity (Wildman–Crippen MR) is 130 cm³/mol. The molecule has 0 saturated heterocycles. The molecule has 1 amide bonds. The van der Waals surface area contributed by atoms with Gasteiger partial charge in [0, 0.05) is 19.1 Å². The maximum Gasteiger partial charge on any atom is 0.409 e. The zero-order valence-electron chi connectivity index (χ0n) is 18.1. The molecule has 1 saturated carbocycles. The minimum atomic E-state index is -1.17. The van der Waals surface area contributed by atoms with E-state index in [4.69, 9.17) is 28.3 Å². The van der Waals surface area contributed by atoms with Gasteiger partial charge in [-0.05, 0) is 49.6 Å². The molecule has 0 unspecified atom stereocenters. The SMILES string of the molecule is Cn1c(Nc2cc(CNC3(C)CCCCC3)ccc2Cl)nc2cc(Cl)c(NC(=O)O)cc21. The lowest BCUT2D eigenvalue weighted by atomic mass is 9.83. The van der Waals surface area contributed by atoms with Gasteiger partial charge < -0.3 is 20.3 Å². The first-order chi connectivity index (χ1) is 15.2. The minimum Gasteiger partial charge on any atom is -0.465 e. The summed E-state index contributed by atoms with van der Waals surface area (Å²) >= 11 is 12.7. The lowest BCUT2D eigenvalue weighted by Gasteiger charge is -2.35. The lowest BCUT2D eigenvalue weighted by Crippen LogP contribution is -2.43. The van der Waals surface area contributed by atoms with Crippen LogP contribution in [-0.2, 0) is 13.6 Å². The Hall–Kier alpha value is -2.48. The summed E-state index contributed by atoms with van der Waals surface area (Å²) in [6, 6.07) is 9.26. The van der Waals surface area contributed by atoms with Crippen molar-refractivity contribution in [1.29, 1.82) is 0 Å². The van der Waals surface area contributed by atoms with E-state index in [0.717, 1.165) is 23.3 Å². The predicted octanol–water partition coefficient (Wildman–Crippen LogP) is 6.53. The van der Waals surface area contributed by atoms with E-state index in [9.17, 15) is 4.79 Å². The Morgan fingerprint density at radius 2 is 1.88 bits per heavy atom. The number of nitrogens with zero attached hydrogens (tertiary/aromatic N) is 2. The van der Waals surface area contributed by atoms with Gasteiger partial charge in [0.1, 0.15) is 0 Å². The molecular formula is C23H27Cl2N5O2. The van der Waals surface area contributed by atoms with E-state index in [-0.39, 0.29) is 10.6 Å². The number of nitrogens with one attached hydrogen (secondary N) is 3. The van der Waals surface area contributed by atoms with Crippen molar-refractivity contribution in [2.45, 2.75) is 51.1 Å². The molecule has 9 heteroatoms. The average molecular weight is 476 g/mol. The van der Waals surface area contributed by atoms with Gasteiger partial charge in [-0.2, -0.15) is 0 Å². The number of halogens is 2. The number of benzene rings is 2. The number of imidazole rings is 1. The molecule has 0 aliphatic heterocycles. The molecule has 1 fully saturated rings.